The number of benzene rings is 1. The summed E-state index contributed by atoms with van der Waals surface area (Å²) in [7, 11) is 0. The van der Waals surface area contributed by atoms with E-state index in [2.05, 4.69) is 10.4 Å². The third-order valence-electron chi connectivity index (χ3n) is 4.87. The second-order valence-electron chi connectivity index (χ2n) is 7.35. The zero-order valence-electron chi connectivity index (χ0n) is 17.4. The van der Waals surface area contributed by atoms with Crippen LogP contribution in [0.2, 0.25) is 0 Å². The van der Waals surface area contributed by atoms with E-state index >= 15 is 0 Å². The summed E-state index contributed by atoms with van der Waals surface area (Å²) < 4.78 is 3.47. The van der Waals surface area contributed by atoms with Crippen molar-refractivity contribution in [1.29, 1.82) is 0 Å². The Morgan fingerprint density at radius 1 is 1.17 bits per heavy atom. The maximum Gasteiger partial charge on any atom is 0.262 e. The normalized spacial score (nSPS) is 13.6. The van der Waals surface area contributed by atoms with Crippen LogP contribution in [0.4, 0.5) is 5.82 Å². The smallest absolute Gasteiger partial charge is 0.262 e. The Balaban J connectivity index is 1.91. The predicted molar refractivity (Wildman–Crippen MR) is 118 cm³/mol. The molecule has 154 valence electrons. The summed E-state index contributed by atoms with van der Waals surface area (Å²) in [4.78, 5) is 30.6. The first-order valence-electron chi connectivity index (χ1n) is 9.85. The van der Waals surface area contributed by atoms with Gasteiger partial charge in [-0.25, -0.2) is 9.67 Å². The minimum atomic E-state index is -0.436. The van der Waals surface area contributed by atoms with Gasteiger partial charge in [0.1, 0.15) is 5.82 Å². The molecule has 0 radical (unpaired) electrons. The van der Waals surface area contributed by atoms with E-state index in [9.17, 15) is 9.59 Å². The van der Waals surface area contributed by atoms with Crippen LogP contribution in [-0.4, -0.2) is 30.5 Å². The van der Waals surface area contributed by atoms with E-state index in [0.717, 1.165) is 6.42 Å². The van der Waals surface area contributed by atoms with Gasteiger partial charge in [-0.2, -0.15) is 5.10 Å². The first kappa shape index (κ1) is 21.1. The van der Waals surface area contributed by atoms with E-state index in [-0.39, 0.29) is 23.6 Å². The van der Waals surface area contributed by atoms with E-state index in [4.69, 9.17) is 4.98 Å². The molecule has 0 unspecified atom stereocenters. The number of carbonyl (C=O) groups is 1. The van der Waals surface area contributed by atoms with Crippen molar-refractivity contribution in [2.24, 2.45) is 0 Å². The van der Waals surface area contributed by atoms with Gasteiger partial charge in [-0.05, 0) is 46.2 Å². The minimum absolute atomic E-state index is 0.0141. The van der Waals surface area contributed by atoms with E-state index in [1.165, 1.54) is 11.8 Å². The third kappa shape index (κ3) is 4.37. The molecule has 1 N–H and O–H groups in total. The van der Waals surface area contributed by atoms with Gasteiger partial charge >= 0.3 is 0 Å². The number of para-hydroxylation sites is 1. The maximum atomic E-state index is 13.1. The molecule has 2 atom stereocenters. The molecule has 0 aliphatic carbocycles. The molecule has 0 saturated carbocycles. The average molecular weight is 414 g/mol. The zero-order valence-corrected chi connectivity index (χ0v) is 18.2. The molecule has 1 amide bonds. The highest BCUT2D eigenvalue weighted by molar-refractivity contribution is 8.00. The molecule has 3 rings (SSSR count). The minimum Gasteiger partial charge on any atom is -0.310 e. The van der Waals surface area contributed by atoms with Crippen LogP contribution in [0.15, 0.2) is 46.5 Å². The fraction of sp³-hybridized carbons (Fsp3) is 0.429. The van der Waals surface area contributed by atoms with Gasteiger partial charge in [0.2, 0.25) is 5.91 Å². The number of thioether (sulfide) groups is 1. The van der Waals surface area contributed by atoms with Gasteiger partial charge < -0.3 is 5.32 Å². The van der Waals surface area contributed by atoms with Gasteiger partial charge in [0.25, 0.3) is 5.56 Å². The molecule has 0 saturated heterocycles. The molecule has 0 spiro atoms. The largest absolute Gasteiger partial charge is 0.310 e. The van der Waals surface area contributed by atoms with Crippen LogP contribution >= 0.6 is 11.8 Å². The topological polar surface area (TPSA) is 81.8 Å². The highest BCUT2D eigenvalue weighted by Crippen LogP contribution is 2.26. The maximum absolute atomic E-state index is 13.1. The molecule has 29 heavy (non-hydrogen) atoms. The number of rotatable bonds is 7. The fourth-order valence-corrected chi connectivity index (χ4v) is 4.05. The van der Waals surface area contributed by atoms with Crippen molar-refractivity contribution < 1.29 is 4.79 Å². The Kier molecular flexibility index (Phi) is 6.42. The molecule has 3 aromatic rings. The monoisotopic (exact) mass is 413 g/mol. The summed E-state index contributed by atoms with van der Waals surface area (Å²) in [6, 6.07) is 9.22. The number of amides is 1. The molecule has 0 bridgehead atoms. The standard InChI is InChI=1S/C21H27N5O2S/c1-6-14(4)25-20(28)16-9-7-8-10-17(16)23-21(25)29-15(5)19(27)24-18-11-12-22-26(18)13(2)3/h7-15H,6H2,1-5H3,(H,24,27)/t14-,15-/m1/s1. The van der Waals surface area contributed by atoms with Crippen LogP contribution in [0, 0.1) is 0 Å². The van der Waals surface area contributed by atoms with Crippen LogP contribution in [0.5, 0.6) is 0 Å². The summed E-state index contributed by atoms with van der Waals surface area (Å²) in [6.07, 6.45) is 2.46. The number of fused-ring (bicyclic) bond motifs is 1. The molecule has 2 aromatic heterocycles. The van der Waals surface area contributed by atoms with Gasteiger partial charge in [0.05, 0.1) is 22.3 Å². The first-order valence-corrected chi connectivity index (χ1v) is 10.7. The van der Waals surface area contributed by atoms with E-state index in [1.54, 1.807) is 27.6 Å². The summed E-state index contributed by atoms with van der Waals surface area (Å²) in [5.41, 5.74) is 0.572. The Morgan fingerprint density at radius 2 is 1.90 bits per heavy atom. The molecule has 0 fully saturated rings. The second-order valence-corrected chi connectivity index (χ2v) is 8.66. The van der Waals surface area contributed by atoms with Gasteiger partial charge in [0.15, 0.2) is 5.16 Å². The van der Waals surface area contributed by atoms with Crippen molar-refractivity contribution in [3.05, 3.63) is 46.9 Å². The van der Waals surface area contributed by atoms with Crippen LogP contribution in [0.1, 0.15) is 53.1 Å². The predicted octanol–water partition coefficient (Wildman–Crippen LogP) is 4.26. The molecule has 8 heteroatoms. The number of aromatic nitrogens is 4. The van der Waals surface area contributed by atoms with E-state index in [1.807, 2.05) is 52.8 Å². The van der Waals surface area contributed by atoms with Gasteiger partial charge in [-0.3, -0.25) is 14.2 Å². The highest BCUT2D eigenvalue weighted by Gasteiger charge is 2.22. The van der Waals surface area contributed by atoms with Crippen molar-refractivity contribution in [2.45, 2.75) is 63.5 Å². The van der Waals surface area contributed by atoms with Gasteiger partial charge in [-0.15, -0.1) is 0 Å². The van der Waals surface area contributed by atoms with Gasteiger partial charge in [0, 0.05) is 18.2 Å². The lowest BCUT2D eigenvalue weighted by atomic mass is 10.2. The SMILES string of the molecule is CC[C@@H](C)n1c(S[C@H](C)C(=O)Nc2ccnn2C(C)C)nc2ccccc2c1=O. The molecule has 0 aliphatic rings. The summed E-state index contributed by atoms with van der Waals surface area (Å²) >= 11 is 1.30. The average Bonchev–Trinajstić information content (AvgIpc) is 3.16. The lowest BCUT2D eigenvalue weighted by Crippen LogP contribution is -2.29. The quantitative estimate of drug-likeness (QED) is 0.462. The van der Waals surface area contributed by atoms with Crippen LogP contribution < -0.4 is 10.9 Å². The Labute approximate surface area is 174 Å². The van der Waals surface area contributed by atoms with Gasteiger partial charge in [-0.1, -0.05) is 30.8 Å². The van der Waals surface area contributed by atoms with E-state index < -0.39 is 5.25 Å². The summed E-state index contributed by atoms with van der Waals surface area (Å²) in [6.45, 7) is 9.85. The molecule has 0 aliphatic heterocycles. The number of anilines is 1. The third-order valence-corrected chi connectivity index (χ3v) is 5.94. The first-order chi connectivity index (χ1) is 13.8. The summed E-state index contributed by atoms with van der Waals surface area (Å²) in [5.74, 6) is 0.499. The van der Waals surface area contributed by atoms with Crippen molar-refractivity contribution in [3.8, 4) is 0 Å². The van der Waals surface area contributed by atoms with Crippen LogP contribution in [-0.2, 0) is 4.79 Å². The molecule has 7 nitrogen and oxygen atoms in total. The number of hydrogen-bond acceptors (Lipinski definition) is 5. The van der Waals surface area contributed by atoms with Crippen LogP contribution in [0.25, 0.3) is 10.9 Å². The van der Waals surface area contributed by atoms with Crippen molar-refractivity contribution in [1.82, 2.24) is 19.3 Å². The highest BCUT2D eigenvalue weighted by atomic mass is 32.2. The summed E-state index contributed by atoms with van der Waals surface area (Å²) in [5, 5.41) is 7.89. The lowest BCUT2D eigenvalue weighted by Gasteiger charge is -2.20. The Hall–Kier alpha value is -2.61. The molecular formula is C21H27N5O2S. The van der Waals surface area contributed by atoms with Crippen molar-refractivity contribution >= 4 is 34.4 Å². The number of carbonyl (C=O) groups excluding carboxylic acids is 1. The Morgan fingerprint density at radius 3 is 2.59 bits per heavy atom. The second kappa shape index (κ2) is 8.82. The van der Waals surface area contributed by atoms with E-state index in [0.29, 0.717) is 21.9 Å². The fourth-order valence-electron chi connectivity index (χ4n) is 3.04. The Bertz CT molecular complexity index is 1070. The van der Waals surface area contributed by atoms with Crippen molar-refractivity contribution in [3.63, 3.8) is 0 Å². The lowest BCUT2D eigenvalue weighted by molar-refractivity contribution is -0.115. The van der Waals surface area contributed by atoms with Crippen molar-refractivity contribution in [2.75, 3.05) is 5.32 Å². The number of hydrogen-bond donors (Lipinski definition) is 1. The molecule has 2 heterocycles. The molecule has 1 aromatic carbocycles. The number of nitrogens with one attached hydrogen (secondary N) is 1. The number of nitrogens with zero attached hydrogens (tertiary/aromatic N) is 4. The van der Waals surface area contributed by atoms with Crippen LogP contribution in [0.3, 0.4) is 0 Å². The zero-order chi connectivity index (χ0) is 21.1. The molecular weight excluding hydrogens is 386 g/mol.